The Balaban J connectivity index is 1.82. The number of amides is 1. The van der Waals surface area contributed by atoms with E-state index in [1.807, 2.05) is 38.1 Å². The van der Waals surface area contributed by atoms with Crippen molar-refractivity contribution in [2.45, 2.75) is 47.0 Å². The van der Waals surface area contributed by atoms with Crippen molar-refractivity contribution < 1.29 is 27.9 Å². The standard InChI is InChI=1S/C31H31F2N3O4/c1-7-31(32,33)22-12-10-13-23(17-22)34-30(38)28-20(4)36(40-21(5)37)29(35-28)25-15-16-26(39-6)27(19(25)3)24-14-9-8-11-18(24)2/h8-17H,7H2,1-6H3,(H,34,38). The number of benzene rings is 3. The molecule has 0 spiro atoms. The minimum Gasteiger partial charge on any atom is -0.496 e. The third-order valence-electron chi connectivity index (χ3n) is 6.78. The second kappa shape index (κ2) is 11.3. The van der Waals surface area contributed by atoms with Gasteiger partial charge in [0.05, 0.1) is 12.8 Å². The number of alkyl halides is 2. The fourth-order valence-electron chi connectivity index (χ4n) is 4.62. The van der Waals surface area contributed by atoms with Gasteiger partial charge in [-0.3, -0.25) is 4.79 Å². The van der Waals surface area contributed by atoms with Crippen LogP contribution in [0.5, 0.6) is 5.75 Å². The summed E-state index contributed by atoms with van der Waals surface area (Å²) in [5, 5.41) is 2.65. The molecule has 4 rings (SSSR count). The number of nitrogens with zero attached hydrogens (tertiary/aromatic N) is 2. The van der Waals surface area contributed by atoms with E-state index in [0.29, 0.717) is 11.3 Å². The zero-order valence-electron chi connectivity index (χ0n) is 23.3. The number of anilines is 1. The molecule has 0 aliphatic carbocycles. The van der Waals surface area contributed by atoms with Crippen molar-refractivity contribution in [1.82, 2.24) is 9.71 Å². The smallest absolute Gasteiger partial charge is 0.329 e. The largest absolute Gasteiger partial charge is 0.496 e. The molecule has 0 atom stereocenters. The van der Waals surface area contributed by atoms with Crippen molar-refractivity contribution >= 4 is 17.6 Å². The molecular formula is C31H31F2N3O4. The van der Waals surface area contributed by atoms with E-state index >= 15 is 0 Å². The Morgan fingerprint density at radius 3 is 2.38 bits per heavy atom. The number of rotatable bonds is 8. The summed E-state index contributed by atoms with van der Waals surface area (Å²) in [5.41, 5.74) is 4.50. The third kappa shape index (κ3) is 5.45. The summed E-state index contributed by atoms with van der Waals surface area (Å²) in [6.07, 6.45) is -0.370. The number of nitrogens with one attached hydrogen (secondary N) is 1. The van der Waals surface area contributed by atoms with E-state index in [1.54, 1.807) is 26.2 Å². The molecule has 1 N–H and O–H groups in total. The number of carbonyl (C=O) groups excluding carboxylic acids is 2. The fourth-order valence-corrected chi connectivity index (χ4v) is 4.62. The van der Waals surface area contributed by atoms with Gasteiger partial charge in [0.1, 0.15) is 5.75 Å². The van der Waals surface area contributed by atoms with Gasteiger partial charge in [0.2, 0.25) is 0 Å². The van der Waals surface area contributed by atoms with Crippen LogP contribution in [-0.4, -0.2) is 28.7 Å². The highest BCUT2D eigenvalue weighted by Crippen LogP contribution is 2.40. The van der Waals surface area contributed by atoms with Gasteiger partial charge in [0.15, 0.2) is 11.5 Å². The predicted octanol–water partition coefficient (Wildman–Crippen LogP) is 6.88. The summed E-state index contributed by atoms with van der Waals surface area (Å²) in [4.78, 5) is 35.4. The number of aromatic nitrogens is 2. The lowest BCUT2D eigenvalue weighted by Crippen LogP contribution is -2.20. The molecule has 40 heavy (non-hydrogen) atoms. The van der Waals surface area contributed by atoms with E-state index in [0.717, 1.165) is 22.3 Å². The van der Waals surface area contributed by atoms with Crippen molar-refractivity contribution in [3.05, 3.63) is 88.7 Å². The SMILES string of the molecule is CCC(F)(F)c1cccc(NC(=O)c2nc(-c3ccc(OC)c(-c4ccccc4C)c3C)n(OC(C)=O)c2C)c1. The van der Waals surface area contributed by atoms with Crippen LogP contribution in [0.2, 0.25) is 0 Å². The molecule has 208 valence electrons. The van der Waals surface area contributed by atoms with Gasteiger partial charge in [-0.05, 0) is 61.7 Å². The lowest BCUT2D eigenvalue weighted by atomic mass is 9.92. The van der Waals surface area contributed by atoms with Gasteiger partial charge in [-0.15, -0.1) is 0 Å². The fraction of sp³-hybridized carbons (Fsp3) is 0.258. The van der Waals surface area contributed by atoms with Gasteiger partial charge in [-0.25, -0.2) is 18.6 Å². The first kappa shape index (κ1) is 28.5. The Morgan fingerprint density at radius 1 is 1.00 bits per heavy atom. The van der Waals surface area contributed by atoms with E-state index in [-0.39, 0.29) is 34.9 Å². The molecule has 9 heteroatoms. The summed E-state index contributed by atoms with van der Waals surface area (Å²) < 4.78 is 35.4. The van der Waals surface area contributed by atoms with Gasteiger partial charge in [-0.2, -0.15) is 4.73 Å². The highest BCUT2D eigenvalue weighted by molar-refractivity contribution is 6.04. The number of halogens is 2. The average Bonchev–Trinajstić information content (AvgIpc) is 3.24. The first-order valence-corrected chi connectivity index (χ1v) is 12.8. The maximum Gasteiger partial charge on any atom is 0.329 e. The van der Waals surface area contributed by atoms with Crippen LogP contribution in [0.25, 0.3) is 22.5 Å². The number of hydrogen-bond acceptors (Lipinski definition) is 5. The zero-order chi connectivity index (χ0) is 29.2. The molecular weight excluding hydrogens is 516 g/mol. The van der Waals surface area contributed by atoms with Crippen LogP contribution in [0.3, 0.4) is 0 Å². The van der Waals surface area contributed by atoms with Crippen molar-refractivity contribution in [2.24, 2.45) is 0 Å². The number of aryl methyl sites for hydroxylation is 1. The van der Waals surface area contributed by atoms with Gasteiger partial charge in [0.25, 0.3) is 11.8 Å². The predicted molar refractivity (Wildman–Crippen MR) is 150 cm³/mol. The molecule has 0 aliphatic heterocycles. The van der Waals surface area contributed by atoms with Gasteiger partial charge < -0.3 is 14.9 Å². The molecule has 0 aliphatic rings. The molecule has 3 aromatic carbocycles. The van der Waals surface area contributed by atoms with Crippen LogP contribution in [-0.2, 0) is 10.7 Å². The van der Waals surface area contributed by atoms with Crippen LogP contribution in [0.1, 0.15) is 53.1 Å². The molecule has 4 aromatic rings. The number of hydrogen-bond donors (Lipinski definition) is 1. The van der Waals surface area contributed by atoms with Crippen molar-refractivity contribution in [3.8, 4) is 28.3 Å². The molecule has 0 fully saturated rings. The first-order chi connectivity index (χ1) is 19.0. The Labute approximate surface area is 231 Å². The second-order valence-corrected chi connectivity index (χ2v) is 9.47. The number of ether oxygens (including phenoxy) is 1. The minimum atomic E-state index is -3.03. The van der Waals surface area contributed by atoms with E-state index in [4.69, 9.17) is 9.57 Å². The molecule has 0 saturated carbocycles. The summed E-state index contributed by atoms with van der Waals surface area (Å²) >= 11 is 0. The lowest BCUT2D eigenvalue weighted by molar-refractivity contribution is -0.141. The molecule has 0 saturated heterocycles. The Morgan fingerprint density at radius 2 is 1.73 bits per heavy atom. The van der Waals surface area contributed by atoms with Gasteiger partial charge >= 0.3 is 5.97 Å². The van der Waals surface area contributed by atoms with Crippen LogP contribution < -0.4 is 14.9 Å². The summed E-state index contributed by atoms with van der Waals surface area (Å²) in [7, 11) is 1.59. The number of imidazole rings is 1. The van der Waals surface area contributed by atoms with Crippen LogP contribution in [0, 0.1) is 20.8 Å². The van der Waals surface area contributed by atoms with E-state index in [2.05, 4.69) is 10.3 Å². The Hall–Kier alpha value is -4.53. The van der Waals surface area contributed by atoms with Crippen LogP contribution in [0.15, 0.2) is 60.7 Å². The molecule has 1 aromatic heterocycles. The second-order valence-electron chi connectivity index (χ2n) is 9.47. The van der Waals surface area contributed by atoms with E-state index in [1.165, 1.54) is 42.8 Å². The topological polar surface area (TPSA) is 82.4 Å². The normalized spacial score (nSPS) is 11.3. The quantitative estimate of drug-likeness (QED) is 0.260. The summed E-state index contributed by atoms with van der Waals surface area (Å²) in [6.45, 7) is 8.14. The molecule has 1 amide bonds. The first-order valence-electron chi connectivity index (χ1n) is 12.8. The zero-order valence-corrected chi connectivity index (χ0v) is 23.3. The monoisotopic (exact) mass is 547 g/mol. The molecule has 0 radical (unpaired) electrons. The Bertz CT molecular complexity index is 1590. The highest BCUT2D eigenvalue weighted by Gasteiger charge is 2.30. The molecule has 1 heterocycles. The molecule has 7 nitrogen and oxygen atoms in total. The highest BCUT2D eigenvalue weighted by atomic mass is 19.3. The Kier molecular flexibility index (Phi) is 8.04. The lowest BCUT2D eigenvalue weighted by Gasteiger charge is -2.17. The number of carbonyl (C=O) groups is 2. The summed E-state index contributed by atoms with van der Waals surface area (Å²) in [6, 6.07) is 17.0. The van der Waals surface area contributed by atoms with E-state index in [9.17, 15) is 18.4 Å². The van der Waals surface area contributed by atoms with Crippen LogP contribution >= 0.6 is 0 Å². The maximum absolute atomic E-state index is 14.2. The van der Waals surface area contributed by atoms with Crippen molar-refractivity contribution in [3.63, 3.8) is 0 Å². The third-order valence-corrected chi connectivity index (χ3v) is 6.78. The van der Waals surface area contributed by atoms with E-state index < -0.39 is 17.8 Å². The van der Waals surface area contributed by atoms with Gasteiger partial charge in [0, 0.05) is 35.7 Å². The van der Waals surface area contributed by atoms with Crippen molar-refractivity contribution in [2.75, 3.05) is 12.4 Å². The molecule has 0 unspecified atom stereocenters. The maximum atomic E-state index is 14.2. The average molecular weight is 548 g/mol. The van der Waals surface area contributed by atoms with Crippen LogP contribution in [0.4, 0.5) is 14.5 Å². The van der Waals surface area contributed by atoms with Gasteiger partial charge in [-0.1, -0.05) is 43.3 Å². The molecule has 0 bridgehead atoms. The summed E-state index contributed by atoms with van der Waals surface area (Å²) in [5.74, 6) is -3.37. The number of methoxy groups -OCH3 is 1. The van der Waals surface area contributed by atoms with Crippen molar-refractivity contribution in [1.29, 1.82) is 0 Å². The minimum absolute atomic E-state index is 0.0171.